The summed E-state index contributed by atoms with van der Waals surface area (Å²) in [5.41, 5.74) is 5.50. The van der Waals surface area contributed by atoms with E-state index in [1.54, 1.807) is 23.9 Å². The van der Waals surface area contributed by atoms with Gasteiger partial charge in [0.2, 0.25) is 5.91 Å². The van der Waals surface area contributed by atoms with Crippen LogP contribution in [-0.4, -0.2) is 22.4 Å². The van der Waals surface area contributed by atoms with Crippen molar-refractivity contribution < 1.29 is 9.18 Å². The zero-order valence-corrected chi connectivity index (χ0v) is 10.4. The average molecular weight is 254 g/mol. The molecular weight excluding hydrogens is 239 g/mol. The first-order valence-electron chi connectivity index (χ1n) is 5.47. The molecule has 1 aliphatic rings. The number of halogens is 1. The molecule has 0 radical (unpaired) electrons. The molecule has 0 bridgehead atoms. The van der Waals surface area contributed by atoms with Crippen molar-refractivity contribution in [1.82, 2.24) is 0 Å². The molecule has 0 spiro atoms. The van der Waals surface area contributed by atoms with Crippen molar-refractivity contribution >= 4 is 23.4 Å². The smallest absolute Gasteiger partial charge is 0.244 e. The summed E-state index contributed by atoms with van der Waals surface area (Å²) in [7, 11) is 0. The largest absolute Gasteiger partial charge is 0.371 e. The highest BCUT2D eigenvalue weighted by Gasteiger charge is 2.43. The maximum Gasteiger partial charge on any atom is 0.244 e. The summed E-state index contributed by atoms with van der Waals surface area (Å²) in [6, 6.07) is 5.96. The van der Waals surface area contributed by atoms with E-state index in [-0.39, 0.29) is 11.7 Å². The molecule has 92 valence electrons. The zero-order valence-electron chi connectivity index (χ0n) is 9.57. The van der Waals surface area contributed by atoms with Crippen LogP contribution in [0.1, 0.15) is 13.3 Å². The van der Waals surface area contributed by atoms with Crippen LogP contribution < -0.4 is 11.1 Å². The lowest BCUT2D eigenvalue weighted by Crippen LogP contribution is -2.51. The molecular formula is C12H15FN2OS. The fourth-order valence-electron chi connectivity index (χ4n) is 2.02. The van der Waals surface area contributed by atoms with Crippen molar-refractivity contribution in [2.45, 2.75) is 24.1 Å². The van der Waals surface area contributed by atoms with E-state index in [2.05, 4.69) is 12.2 Å². The van der Waals surface area contributed by atoms with Crippen molar-refractivity contribution in [2.24, 2.45) is 5.73 Å². The fraction of sp³-hybridized carbons (Fsp3) is 0.417. The molecule has 1 aromatic rings. The van der Waals surface area contributed by atoms with Crippen LogP contribution in [0.2, 0.25) is 0 Å². The van der Waals surface area contributed by atoms with Gasteiger partial charge in [-0.2, -0.15) is 11.8 Å². The van der Waals surface area contributed by atoms with Gasteiger partial charge in [0.25, 0.3) is 0 Å². The molecule has 0 saturated carbocycles. The van der Waals surface area contributed by atoms with Crippen molar-refractivity contribution in [3.63, 3.8) is 0 Å². The number of nitrogens with two attached hydrogens (primary N) is 1. The second-order valence-corrected chi connectivity index (χ2v) is 5.83. The molecule has 1 aromatic carbocycles. The maximum absolute atomic E-state index is 12.8. The number of hydrogen-bond acceptors (Lipinski definition) is 3. The minimum atomic E-state index is -0.706. The summed E-state index contributed by atoms with van der Waals surface area (Å²) >= 11 is 1.72. The number of thioether (sulfide) groups is 1. The van der Waals surface area contributed by atoms with Gasteiger partial charge in [-0.1, -0.05) is 6.92 Å². The summed E-state index contributed by atoms with van der Waals surface area (Å²) < 4.78 is 12.8. The van der Waals surface area contributed by atoms with E-state index in [1.807, 2.05) is 0 Å². The topological polar surface area (TPSA) is 55.1 Å². The molecule has 0 aliphatic carbocycles. The number of anilines is 1. The fourth-order valence-corrected chi connectivity index (χ4v) is 3.33. The highest BCUT2D eigenvalue weighted by atomic mass is 32.2. The molecule has 17 heavy (non-hydrogen) atoms. The van der Waals surface area contributed by atoms with E-state index in [4.69, 9.17) is 5.73 Å². The summed E-state index contributed by atoms with van der Waals surface area (Å²) in [6.07, 6.45) is 0.699. The Labute approximate surface area is 104 Å². The molecule has 5 heteroatoms. The van der Waals surface area contributed by atoms with Gasteiger partial charge in [-0.3, -0.25) is 4.79 Å². The molecule has 1 fully saturated rings. The first kappa shape index (κ1) is 12.2. The van der Waals surface area contributed by atoms with Crippen LogP contribution in [0.5, 0.6) is 0 Å². The van der Waals surface area contributed by atoms with E-state index in [0.29, 0.717) is 17.4 Å². The lowest BCUT2D eigenvalue weighted by atomic mass is 9.95. The van der Waals surface area contributed by atoms with E-state index in [9.17, 15) is 9.18 Å². The molecule has 2 unspecified atom stereocenters. The van der Waals surface area contributed by atoms with Gasteiger partial charge >= 0.3 is 0 Å². The van der Waals surface area contributed by atoms with E-state index < -0.39 is 5.54 Å². The molecule has 1 amide bonds. The zero-order chi connectivity index (χ0) is 12.5. The molecule has 1 saturated heterocycles. The molecule has 1 heterocycles. The third-order valence-electron chi connectivity index (χ3n) is 2.95. The van der Waals surface area contributed by atoms with Crippen LogP contribution >= 0.6 is 11.8 Å². The minimum absolute atomic E-state index is 0.294. The Bertz CT molecular complexity index is 423. The summed E-state index contributed by atoms with van der Waals surface area (Å²) in [5, 5.41) is 3.55. The van der Waals surface area contributed by atoms with Crippen molar-refractivity contribution in [1.29, 1.82) is 0 Å². The number of benzene rings is 1. The van der Waals surface area contributed by atoms with Gasteiger partial charge in [0.1, 0.15) is 11.4 Å². The SMILES string of the molecule is CC1CC(Nc2ccc(F)cc2)(C(N)=O)CS1. The molecule has 1 aliphatic heterocycles. The molecule has 2 rings (SSSR count). The predicted molar refractivity (Wildman–Crippen MR) is 68.5 cm³/mol. The molecule has 3 N–H and O–H groups in total. The Morgan fingerprint density at radius 2 is 2.18 bits per heavy atom. The van der Waals surface area contributed by atoms with Crippen molar-refractivity contribution in [3.05, 3.63) is 30.1 Å². The average Bonchev–Trinajstić information content (AvgIpc) is 2.65. The van der Waals surface area contributed by atoms with Gasteiger partial charge in [-0.15, -0.1) is 0 Å². The normalized spacial score (nSPS) is 28.0. The predicted octanol–water partition coefficient (Wildman–Crippen LogP) is 1.99. The number of rotatable bonds is 3. The first-order valence-corrected chi connectivity index (χ1v) is 6.52. The number of nitrogens with one attached hydrogen (secondary N) is 1. The number of amides is 1. The Hall–Kier alpha value is -1.23. The number of carbonyl (C=O) groups excluding carboxylic acids is 1. The monoisotopic (exact) mass is 254 g/mol. The highest BCUT2D eigenvalue weighted by Crippen LogP contribution is 2.36. The van der Waals surface area contributed by atoms with Crippen molar-refractivity contribution in [3.8, 4) is 0 Å². The van der Waals surface area contributed by atoms with Gasteiger partial charge in [-0.05, 0) is 30.7 Å². The van der Waals surface area contributed by atoms with Gasteiger partial charge < -0.3 is 11.1 Å². The first-order chi connectivity index (χ1) is 8.02. The Morgan fingerprint density at radius 3 is 2.65 bits per heavy atom. The van der Waals surface area contributed by atoms with Crippen LogP contribution in [0.25, 0.3) is 0 Å². The summed E-state index contributed by atoms with van der Waals surface area (Å²) in [4.78, 5) is 11.6. The van der Waals surface area contributed by atoms with Crippen molar-refractivity contribution in [2.75, 3.05) is 11.1 Å². The van der Waals surface area contributed by atoms with Crippen LogP contribution in [0.3, 0.4) is 0 Å². The summed E-state index contributed by atoms with van der Waals surface area (Å²) in [6.45, 7) is 2.07. The Kier molecular flexibility index (Phi) is 3.28. The van der Waals surface area contributed by atoms with Crippen LogP contribution in [0.15, 0.2) is 24.3 Å². The molecule has 3 nitrogen and oxygen atoms in total. The summed E-state index contributed by atoms with van der Waals surface area (Å²) in [5.74, 6) is 0.0115. The lowest BCUT2D eigenvalue weighted by molar-refractivity contribution is -0.121. The van der Waals surface area contributed by atoms with Gasteiger partial charge in [-0.25, -0.2) is 4.39 Å². The third-order valence-corrected chi connectivity index (χ3v) is 4.34. The minimum Gasteiger partial charge on any atom is -0.371 e. The standard InChI is InChI=1S/C12H15FN2OS/c1-8-6-12(7-17-8,11(14)16)15-10-4-2-9(13)3-5-10/h2-5,8,15H,6-7H2,1H3,(H2,14,16). The lowest BCUT2D eigenvalue weighted by Gasteiger charge is -2.27. The molecule has 2 atom stereocenters. The van der Waals surface area contributed by atoms with Gasteiger partial charge in [0.15, 0.2) is 0 Å². The number of hydrogen-bond donors (Lipinski definition) is 2. The van der Waals surface area contributed by atoms with Crippen LogP contribution in [-0.2, 0) is 4.79 Å². The van der Waals surface area contributed by atoms with Gasteiger partial charge in [0.05, 0.1) is 0 Å². The Balaban J connectivity index is 2.19. The molecule has 0 aromatic heterocycles. The quantitative estimate of drug-likeness (QED) is 0.867. The maximum atomic E-state index is 12.8. The van der Waals surface area contributed by atoms with E-state index in [1.165, 1.54) is 12.1 Å². The number of primary amides is 1. The third kappa shape index (κ3) is 2.54. The second-order valence-electron chi connectivity index (χ2n) is 4.40. The van der Waals surface area contributed by atoms with E-state index >= 15 is 0 Å². The number of carbonyl (C=O) groups is 1. The highest BCUT2D eigenvalue weighted by molar-refractivity contribution is 8.00. The van der Waals surface area contributed by atoms with Crippen LogP contribution in [0.4, 0.5) is 10.1 Å². The second kappa shape index (κ2) is 4.56. The Morgan fingerprint density at radius 1 is 1.53 bits per heavy atom. The van der Waals surface area contributed by atoms with Crippen LogP contribution in [0, 0.1) is 5.82 Å². The van der Waals surface area contributed by atoms with E-state index in [0.717, 1.165) is 5.69 Å². The van der Waals surface area contributed by atoms with Gasteiger partial charge in [0, 0.05) is 16.7 Å².